The van der Waals surface area contributed by atoms with Crippen LogP contribution in [0.1, 0.15) is 30.3 Å². The van der Waals surface area contributed by atoms with E-state index < -0.39 is 11.7 Å². The molecule has 0 unspecified atom stereocenters. The fourth-order valence-electron chi connectivity index (χ4n) is 2.26. The van der Waals surface area contributed by atoms with E-state index in [9.17, 15) is 18.3 Å². The number of aliphatic hydroxyl groups excluding tert-OH is 1. The molecule has 1 aromatic carbocycles. The second-order valence-corrected chi connectivity index (χ2v) is 4.74. The number of nitrogens with zero attached hydrogens (tertiary/aromatic N) is 3. The van der Waals surface area contributed by atoms with Gasteiger partial charge in [-0.15, -0.1) is 10.2 Å². The maximum Gasteiger partial charge on any atom is 0.417 e. The van der Waals surface area contributed by atoms with Gasteiger partial charge < -0.3 is 9.67 Å². The highest BCUT2D eigenvalue weighted by Crippen LogP contribution is 2.42. The molecular formula is C13H12F3N3O. The van der Waals surface area contributed by atoms with Crippen LogP contribution in [-0.4, -0.2) is 19.9 Å². The predicted molar refractivity (Wildman–Crippen MR) is 64.7 cm³/mol. The Morgan fingerprint density at radius 3 is 2.50 bits per heavy atom. The topological polar surface area (TPSA) is 50.9 Å². The first-order valence-corrected chi connectivity index (χ1v) is 6.23. The summed E-state index contributed by atoms with van der Waals surface area (Å²) in [5, 5.41) is 16.9. The van der Waals surface area contributed by atoms with Crippen LogP contribution >= 0.6 is 0 Å². The third kappa shape index (κ3) is 2.18. The van der Waals surface area contributed by atoms with Crippen LogP contribution in [-0.2, 0) is 12.8 Å². The molecule has 0 aliphatic heterocycles. The fourth-order valence-corrected chi connectivity index (χ4v) is 2.26. The summed E-state index contributed by atoms with van der Waals surface area (Å²) in [6.07, 6.45) is -2.71. The van der Waals surface area contributed by atoms with Crippen LogP contribution in [0.3, 0.4) is 0 Å². The van der Waals surface area contributed by atoms with Crippen molar-refractivity contribution in [3.63, 3.8) is 0 Å². The molecule has 1 N–H and O–H groups in total. The van der Waals surface area contributed by atoms with Crippen LogP contribution in [0.2, 0.25) is 0 Å². The molecule has 1 heterocycles. The van der Waals surface area contributed by atoms with Crippen LogP contribution < -0.4 is 0 Å². The molecule has 1 aromatic heterocycles. The third-order valence-electron chi connectivity index (χ3n) is 3.29. The van der Waals surface area contributed by atoms with E-state index in [4.69, 9.17) is 0 Å². The third-order valence-corrected chi connectivity index (χ3v) is 3.29. The quantitative estimate of drug-likeness (QED) is 0.942. The van der Waals surface area contributed by atoms with Gasteiger partial charge in [-0.1, -0.05) is 18.2 Å². The minimum atomic E-state index is -4.45. The highest BCUT2D eigenvalue weighted by molar-refractivity contribution is 5.62. The average Bonchev–Trinajstić information content (AvgIpc) is 3.16. The summed E-state index contributed by atoms with van der Waals surface area (Å²) in [6, 6.07) is 5.38. The van der Waals surface area contributed by atoms with E-state index in [0.717, 1.165) is 18.9 Å². The Labute approximate surface area is 112 Å². The molecule has 106 valence electrons. The van der Waals surface area contributed by atoms with Gasteiger partial charge >= 0.3 is 6.18 Å². The Bertz CT molecular complexity index is 632. The lowest BCUT2D eigenvalue weighted by Crippen LogP contribution is -2.10. The maximum atomic E-state index is 13.1. The van der Waals surface area contributed by atoms with E-state index in [-0.39, 0.29) is 24.0 Å². The standard InChI is InChI=1S/C13H12F3N3O/c14-13(15,16)10-4-2-1-3-9(10)12-18-17-11(7-20)19(12)8-5-6-8/h1-4,8,20H,5-7H2. The van der Waals surface area contributed by atoms with E-state index in [2.05, 4.69) is 10.2 Å². The highest BCUT2D eigenvalue weighted by atomic mass is 19.4. The molecule has 2 aromatic rings. The van der Waals surface area contributed by atoms with Gasteiger partial charge in [0.1, 0.15) is 6.61 Å². The van der Waals surface area contributed by atoms with Crippen molar-refractivity contribution in [1.82, 2.24) is 14.8 Å². The molecule has 1 fully saturated rings. The molecule has 4 nitrogen and oxygen atoms in total. The number of alkyl halides is 3. The van der Waals surface area contributed by atoms with Crippen molar-refractivity contribution in [1.29, 1.82) is 0 Å². The summed E-state index contributed by atoms with van der Waals surface area (Å²) >= 11 is 0. The molecule has 0 amide bonds. The zero-order chi connectivity index (χ0) is 14.3. The molecule has 1 aliphatic carbocycles. The molecule has 1 aliphatic rings. The molecule has 0 saturated heterocycles. The Morgan fingerprint density at radius 1 is 1.20 bits per heavy atom. The van der Waals surface area contributed by atoms with Crippen molar-refractivity contribution in [3.8, 4) is 11.4 Å². The molecular weight excluding hydrogens is 271 g/mol. The molecule has 0 bridgehead atoms. The zero-order valence-corrected chi connectivity index (χ0v) is 10.4. The van der Waals surface area contributed by atoms with Crippen LogP contribution in [0, 0.1) is 0 Å². The van der Waals surface area contributed by atoms with Crippen molar-refractivity contribution < 1.29 is 18.3 Å². The predicted octanol–water partition coefficient (Wildman–Crippen LogP) is 2.79. The number of hydrogen-bond acceptors (Lipinski definition) is 3. The number of aliphatic hydroxyl groups is 1. The van der Waals surface area contributed by atoms with Crippen molar-refractivity contribution in [2.75, 3.05) is 0 Å². The normalized spacial score (nSPS) is 15.6. The number of halogens is 3. The number of rotatable bonds is 3. The van der Waals surface area contributed by atoms with Crippen LogP contribution in [0.4, 0.5) is 13.2 Å². The van der Waals surface area contributed by atoms with Crippen molar-refractivity contribution in [2.45, 2.75) is 31.7 Å². The Kier molecular flexibility index (Phi) is 3.01. The zero-order valence-electron chi connectivity index (χ0n) is 10.4. The fraction of sp³-hybridized carbons (Fsp3) is 0.385. The first-order valence-electron chi connectivity index (χ1n) is 6.23. The summed E-state index contributed by atoms with van der Waals surface area (Å²) in [6.45, 7) is -0.336. The molecule has 7 heteroatoms. The molecule has 0 spiro atoms. The minimum Gasteiger partial charge on any atom is -0.388 e. The lowest BCUT2D eigenvalue weighted by molar-refractivity contribution is -0.137. The smallest absolute Gasteiger partial charge is 0.388 e. The van der Waals surface area contributed by atoms with Gasteiger partial charge in [0.15, 0.2) is 11.6 Å². The van der Waals surface area contributed by atoms with E-state index in [1.54, 1.807) is 4.57 Å². The van der Waals surface area contributed by atoms with Crippen LogP contribution in [0.25, 0.3) is 11.4 Å². The SMILES string of the molecule is OCc1nnc(-c2ccccc2C(F)(F)F)n1C1CC1. The summed E-state index contributed by atoms with van der Waals surface area (Å²) in [4.78, 5) is 0. The number of benzene rings is 1. The van der Waals surface area contributed by atoms with Crippen molar-refractivity contribution in [3.05, 3.63) is 35.7 Å². The van der Waals surface area contributed by atoms with Gasteiger partial charge in [-0.05, 0) is 18.9 Å². The van der Waals surface area contributed by atoms with Crippen molar-refractivity contribution in [2.24, 2.45) is 0 Å². The van der Waals surface area contributed by atoms with Crippen molar-refractivity contribution >= 4 is 0 Å². The minimum absolute atomic E-state index is 0.000833. The van der Waals surface area contributed by atoms with E-state index in [1.807, 2.05) is 0 Å². The highest BCUT2D eigenvalue weighted by Gasteiger charge is 2.36. The Hall–Kier alpha value is -1.89. The van der Waals surface area contributed by atoms with Gasteiger partial charge in [0.25, 0.3) is 0 Å². The van der Waals surface area contributed by atoms with Gasteiger partial charge in [0.05, 0.1) is 5.56 Å². The Morgan fingerprint density at radius 2 is 1.90 bits per heavy atom. The molecule has 20 heavy (non-hydrogen) atoms. The van der Waals surface area contributed by atoms with Gasteiger partial charge in [-0.25, -0.2) is 0 Å². The molecule has 0 radical (unpaired) electrons. The monoisotopic (exact) mass is 283 g/mol. The number of aromatic nitrogens is 3. The summed E-state index contributed by atoms with van der Waals surface area (Å²) < 4.78 is 40.8. The molecule has 0 atom stereocenters. The van der Waals surface area contributed by atoms with Gasteiger partial charge in [0.2, 0.25) is 0 Å². The molecule has 1 saturated carbocycles. The van der Waals surface area contributed by atoms with E-state index in [0.29, 0.717) is 5.82 Å². The second-order valence-electron chi connectivity index (χ2n) is 4.74. The maximum absolute atomic E-state index is 13.1. The van der Waals surface area contributed by atoms with Crippen LogP contribution in [0.5, 0.6) is 0 Å². The van der Waals surface area contributed by atoms with E-state index in [1.165, 1.54) is 18.2 Å². The summed E-state index contributed by atoms with van der Waals surface area (Å²) in [5.41, 5.74) is -0.738. The average molecular weight is 283 g/mol. The molecule has 3 rings (SSSR count). The lowest BCUT2D eigenvalue weighted by Gasteiger charge is -2.13. The van der Waals surface area contributed by atoms with E-state index >= 15 is 0 Å². The van der Waals surface area contributed by atoms with Gasteiger partial charge in [-0.3, -0.25) is 0 Å². The second kappa shape index (κ2) is 4.59. The summed E-state index contributed by atoms with van der Waals surface area (Å²) in [7, 11) is 0. The van der Waals surface area contributed by atoms with Gasteiger partial charge in [0, 0.05) is 11.6 Å². The first-order chi connectivity index (χ1) is 9.52. The lowest BCUT2D eigenvalue weighted by atomic mass is 10.1. The largest absolute Gasteiger partial charge is 0.417 e. The Balaban J connectivity index is 2.17. The van der Waals surface area contributed by atoms with Crippen LogP contribution in [0.15, 0.2) is 24.3 Å². The first kappa shape index (κ1) is 13.1. The summed E-state index contributed by atoms with van der Waals surface area (Å²) in [5.74, 6) is 0.476. The number of hydrogen-bond donors (Lipinski definition) is 1. The van der Waals surface area contributed by atoms with Gasteiger partial charge in [-0.2, -0.15) is 13.2 Å².